The van der Waals surface area contributed by atoms with E-state index in [0.29, 0.717) is 11.8 Å². The minimum atomic E-state index is -0.474. The van der Waals surface area contributed by atoms with Crippen molar-refractivity contribution in [2.45, 2.75) is 104 Å². The van der Waals surface area contributed by atoms with Crippen LogP contribution in [0.5, 0.6) is 0 Å². The van der Waals surface area contributed by atoms with Gasteiger partial charge in [0.05, 0.1) is 11.1 Å². The molecular formula is C61H57NS. The maximum Gasteiger partial charge on any atom is 0.0714 e. The quantitative estimate of drug-likeness (QED) is 0.170. The average molecular weight is 836 g/mol. The van der Waals surface area contributed by atoms with Crippen molar-refractivity contribution in [2.75, 3.05) is 4.90 Å². The Balaban J connectivity index is 1.10. The van der Waals surface area contributed by atoms with Gasteiger partial charge in [-0.2, -0.15) is 0 Å². The molecule has 1 heterocycles. The van der Waals surface area contributed by atoms with E-state index < -0.39 is 5.41 Å². The van der Waals surface area contributed by atoms with Crippen molar-refractivity contribution in [3.05, 3.63) is 208 Å². The van der Waals surface area contributed by atoms with Crippen LogP contribution in [0.2, 0.25) is 0 Å². The van der Waals surface area contributed by atoms with E-state index in [9.17, 15) is 0 Å². The first-order valence-corrected chi connectivity index (χ1v) is 24.7. The van der Waals surface area contributed by atoms with Gasteiger partial charge < -0.3 is 4.90 Å². The molecule has 14 rings (SSSR count). The number of rotatable bonds is 5. The summed E-state index contributed by atoms with van der Waals surface area (Å²) in [5, 5.41) is 0. The van der Waals surface area contributed by atoms with Crippen LogP contribution in [0.4, 0.5) is 17.1 Å². The molecule has 1 nitrogen and oxygen atoms in total. The molecule has 0 amide bonds. The highest BCUT2D eigenvalue weighted by atomic mass is 32.2. The van der Waals surface area contributed by atoms with Gasteiger partial charge in [-0.15, -0.1) is 0 Å². The summed E-state index contributed by atoms with van der Waals surface area (Å²) in [5.41, 5.74) is 17.7. The Morgan fingerprint density at radius 1 is 0.444 bits per heavy atom. The lowest BCUT2D eigenvalue weighted by Gasteiger charge is -2.63. The van der Waals surface area contributed by atoms with Crippen LogP contribution < -0.4 is 4.90 Å². The topological polar surface area (TPSA) is 3.24 Å². The largest absolute Gasteiger partial charge is 0.310 e. The van der Waals surface area contributed by atoms with E-state index in [2.05, 4.69) is 196 Å². The van der Waals surface area contributed by atoms with E-state index >= 15 is 0 Å². The van der Waals surface area contributed by atoms with E-state index in [0.717, 1.165) is 11.8 Å². The summed E-state index contributed by atoms with van der Waals surface area (Å²) in [6.07, 6.45) is 9.34. The van der Waals surface area contributed by atoms with E-state index in [4.69, 9.17) is 0 Å². The van der Waals surface area contributed by atoms with Crippen LogP contribution in [0.15, 0.2) is 174 Å². The number of hydrogen-bond acceptors (Lipinski definition) is 2. The monoisotopic (exact) mass is 835 g/mol. The smallest absolute Gasteiger partial charge is 0.0714 e. The van der Waals surface area contributed by atoms with Gasteiger partial charge in [0, 0.05) is 32.1 Å². The van der Waals surface area contributed by atoms with Crippen molar-refractivity contribution >= 4 is 28.8 Å². The highest BCUT2D eigenvalue weighted by molar-refractivity contribution is 7.99. The Hall–Kier alpha value is -5.31. The van der Waals surface area contributed by atoms with Crippen LogP contribution in [-0.4, -0.2) is 0 Å². The molecule has 6 aliphatic carbocycles. The first-order chi connectivity index (χ1) is 30.7. The Morgan fingerprint density at radius 3 is 1.67 bits per heavy atom. The summed E-state index contributed by atoms with van der Waals surface area (Å²) in [6.45, 7) is 9.86. The van der Waals surface area contributed by atoms with Crippen LogP contribution >= 0.6 is 11.8 Å². The summed E-state index contributed by atoms with van der Waals surface area (Å²) >= 11 is 2.02. The molecule has 1 spiro atoms. The van der Waals surface area contributed by atoms with Gasteiger partial charge in [-0.1, -0.05) is 161 Å². The summed E-state index contributed by atoms with van der Waals surface area (Å²) in [7, 11) is 0. The second kappa shape index (κ2) is 13.6. The second-order valence-corrected chi connectivity index (χ2v) is 22.6. The SMILES string of the molecule is CC1(C)CCC(C)(C)c2cc(N(c3ccc4c(c3)C3(c5ccccc5S4)C4CC5CC(C4)CC3C5)c3cccc4c3-c3ccccc3C4(c3ccccc3)c3ccccc3)ccc21. The lowest BCUT2D eigenvalue weighted by atomic mass is 9.42. The predicted molar refractivity (Wildman–Crippen MR) is 262 cm³/mol. The molecule has 63 heavy (non-hydrogen) atoms. The summed E-state index contributed by atoms with van der Waals surface area (Å²) < 4.78 is 0. The maximum absolute atomic E-state index is 2.71. The van der Waals surface area contributed by atoms with Gasteiger partial charge in [-0.25, -0.2) is 0 Å². The van der Waals surface area contributed by atoms with Crippen molar-refractivity contribution in [3.63, 3.8) is 0 Å². The van der Waals surface area contributed by atoms with Crippen LogP contribution in [0.3, 0.4) is 0 Å². The standard InChI is InChI=1S/C61H57NS/c1-58(2)30-31-59(3,4)52-37-45(26-28-49(52)58)62(46-27-29-56-53(38-46)61(50-22-13-14-25-55(50)63-56)43-33-39-32-40(35-43)36-44(61)34-39)54-24-15-23-51-57(54)47-20-11-12-21-48(47)60(51,41-16-7-5-8-17-41)42-18-9-6-10-19-42/h5-29,37-40,43-44H,30-36H2,1-4H3. The number of hydrogen-bond donors (Lipinski definition) is 0. The fourth-order valence-electron chi connectivity index (χ4n) is 14.8. The van der Waals surface area contributed by atoms with Gasteiger partial charge in [0.25, 0.3) is 0 Å². The molecule has 0 atom stereocenters. The van der Waals surface area contributed by atoms with Crippen LogP contribution in [-0.2, 0) is 21.7 Å². The van der Waals surface area contributed by atoms with Crippen molar-refractivity contribution in [1.29, 1.82) is 0 Å². The second-order valence-electron chi connectivity index (χ2n) is 21.5. The van der Waals surface area contributed by atoms with Crippen molar-refractivity contribution in [1.82, 2.24) is 0 Å². The normalized spacial score (nSPS) is 25.7. The first-order valence-electron chi connectivity index (χ1n) is 23.9. The van der Waals surface area contributed by atoms with Crippen molar-refractivity contribution < 1.29 is 0 Å². The Kier molecular flexibility index (Phi) is 8.24. The Labute approximate surface area is 379 Å². The molecule has 2 heteroatoms. The highest BCUT2D eigenvalue weighted by Crippen LogP contribution is 2.69. The molecule has 0 saturated heterocycles. The van der Waals surface area contributed by atoms with Crippen LogP contribution in [0.1, 0.15) is 117 Å². The Bertz CT molecular complexity index is 2890. The first kappa shape index (κ1) is 38.2. The summed E-state index contributed by atoms with van der Waals surface area (Å²) in [6, 6.07) is 63.9. The molecule has 0 unspecified atom stereocenters. The molecule has 4 bridgehead atoms. The van der Waals surface area contributed by atoms with Crippen LogP contribution in [0.25, 0.3) is 11.1 Å². The number of benzene rings is 7. The van der Waals surface area contributed by atoms with E-state index in [1.807, 2.05) is 11.8 Å². The molecule has 0 N–H and O–H groups in total. The molecule has 7 aromatic rings. The summed E-state index contributed by atoms with van der Waals surface area (Å²) in [5.74, 6) is 3.17. The zero-order valence-electron chi connectivity index (χ0n) is 37.2. The zero-order chi connectivity index (χ0) is 42.3. The Morgan fingerprint density at radius 2 is 0.984 bits per heavy atom. The van der Waals surface area contributed by atoms with Crippen molar-refractivity contribution in [3.8, 4) is 11.1 Å². The maximum atomic E-state index is 2.71. The van der Waals surface area contributed by atoms with E-state index in [1.54, 1.807) is 11.1 Å². The van der Waals surface area contributed by atoms with E-state index in [1.165, 1.54) is 116 Å². The van der Waals surface area contributed by atoms with Gasteiger partial charge in [-0.05, 0) is 172 Å². The predicted octanol–water partition coefficient (Wildman–Crippen LogP) is 16.1. The third-order valence-corrected chi connectivity index (χ3v) is 18.6. The minimum absolute atomic E-state index is 0.0507. The minimum Gasteiger partial charge on any atom is -0.310 e. The molecule has 1 aliphatic heterocycles. The van der Waals surface area contributed by atoms with E-state index in [-0.39, 0.29) is 16.2 Å². The third kappa shape index (κ3) is 5.25. The number of fused-ring (bicyclic) bond motifs is 6. The van der Waals surface area contributed by atoms with Gasteiger partial charge in [-0.3, -0.25) is 0 Å². The van der Waals surface area contributed by atoms with Gasteiger partial charge >= 0.3 is 0 Å². The number of anilines is 3. The van der Waals surface area contributed by atoms with Crippen molar-refractivity contribution in [2.24, 2.45) is 23.7 Å². The number of nitrogens with zero attached hydrogens (tertiary/aromatic N) is 1. The fourth-order valence-corrected chi connectivity index (χ4v) is 16.0. The lowest BCUT2D eigenvalue weighted by molar-refractivity contribution is -0.0443. The van der Waals surface area contributed by atoms with Gasteiger partial charge in [0.1, 0.15) is 0 Å². The molecule has 7 aromatic carbocycles. The molecule has 0 aromatic heterocycles. The van der Waals surface area contributed by atoms with Gasteiger partial charge in [0.15, 0.2) is 0 Å². The molecule has 4 saturated carbocycles. The molecule has 0 radical (unpaired) electrons. The summed E-state index contributed by atoms with van der Waals surface area (Å²) in [4.78, 5) is 5.64. The average Bonchev–Trinajstić information content (AvgIpc) is 3.61. The fraction of sp³-hybridized carbons (Fsp3) is 0.311. The molecular weight excluding hydrogens is 779 g/mol. The molecule has 7 aliphatic rings. The zero-order valence-corrected chi connectivity index (χ0v) is 38.0. The highest BCUT2D eigenvalue weighted by Gasteiger charge is 2.61. The lowest BCUT2D eigenvalue weighted by Crippen LogP contribution is -2.57. The molecule has 312 valence electrons. The van der Waals surface area contributed by atoms with Crippen LogP contribution in [0, 0.1) is 23.7 Å². The van der Waals surface area contributed by atoms with Gasteiger partial charge in [0.2, 0.25) is 0 Å². The molecule has 4 fully saturated rings. The third-order valence-electron chi connectivity index (χ3n) is 17.4.